The summed E-state index contributed by atoms with van der Waals surface area (Å²) in [5.74, 6) is -1.28. The van der Waals surface area contributed by atoms with Gasteiger partial charge in [-0.25, -0.2) is 8.78 Å². The van der Waals surface area contributed by atoms with Crippen LogP contribution in [0.1, 0.15) is 87.9 Å². The molecule has 47 heteroatoms. The molecule has 0 aliphatic carbocycles. The van der Waals surface area contributed by atoms with Crippen molar-refractivity contribution < 1.29 is 13.6 Å². The number of nitrogen functional groups attached to an aromatic ring is 1. The summed E-state index contributed by atoms with van der Waals surface area (Å²) in [6.45, 7) is 5.83. The van der Waals surface area contributed by atoms with E-state index in [9.17, 15) is 13.6 Å². The van der Waals surface area contributed by atoms with Crippen molar-refractivity contribution in [2.45, 2.75) is 39.5 Å². The number of hydrogen-bond donors (Lipinski definition) is 19. The number of halogens is 16. The molecule has 1 aliphatic heterocycles. The Kier molecular flexibility index (Phi) is 66.4. The third-order valence-electron chi connectivity index (χ3n) is 16.9. The Morgan fingerprint density at radius 2 is 0.716 bits per heavy atom. The number of carbonyl (C=O) groups excluding carboxylic acids is 1. The molecule has 1 amide bonds. The number of amides is 1. The number of rotatable bonds is 30. The molecule has 11 aromatic rings. The van der Waals surface area contributed by atoms with E-state index in [-0.39, 0.29) is 109 Å². The first-order chi connectivity index (χ1) is 70.2. The lowest BCUT2D eigenvalue weighted by Crippen LogP contribution is -2.21. The number of nitrogens with two attached hydrogens (primary N) is 11. The SMILES string of the molecule is CC(=N)CN=Cc1ccccc1N.CC(=NCC(=N)N)c1c(Cl)cccc1Cl.Clc1cc(Cl)cc(CC2=NCCC2)c1.N=C(N)CN=Cc1c(Cl)cccc1Cl.N=C(N)CN=Cc1c(F)cccc1Cl.N=C(N)CN=Cc1cccc(Cl)c1.N=C(N)CN=Cc1ccccc1.N=C(N)CN=Cc1ccccc1F.N=C(N)Cc1c(Cl)cccc1Cl.NC(=O)CN=Cc1c(Cl)cccc1Cl.NC(N)=N/N=C\c1c(Cl)cccc1Cl. The fourth-order valence-electron chi connectivity index (χ4n) is 10.5. The lowest BCUT2D eigenvalue weighted by Gasteiger charge is -2.06. The minimum atomic E-state index is -0.496. The number of hydrogen-bond acceptors (Lipinski definition) is 21. The van der Waals surface area contributed by atoms with Gasteiger partial charge in [0.25, 0.3) is 0 Å². The van der Waals surface area contributed by atoms with Crippen molar-refractivity contribution in [1.82, 2.24) is 0 Å². The quantitative estimate of drug-likeness (QED) is 0.00868. The number of aliphatic imine (C=N–C) groups is 9. The normalized spacial score (nSPS) is 11.1. The number of primary amides is 1. The van der Waals surface area contributed by atoms with Crippen LogP contribution in [-0.4, -0.2) is 178 Å². The Labute approximate surface area is 927 Å². The van der Waals surface area contributed by atoms with Gasteiger partial charge in [-0.1, -0.05) is 278 Å². The van der Waals surface area contributed by atoms with Gasteiger partial charge in [-0.05, 0) is 164 Å². The van der Waals surface area contributed by atoms with E-state index in [1.165, 1.54) is 61.4 Å². The number of anilines is 1. The van der Waals surface area contributed by atoms with Crippen molar-refractivity contribution in [3.63, 3.8) is 0 Å². The van der Waals surface area contributed by atoms with E-state index in [2.05, 4.69) is 55.1 Å². The van der Waals surface area contributed by atoms with Gasteiger partial charge in [0.1, 0.15) is 53.2 Å². The first kappa shape index (κ1) is 131. The molecule has 11 aromatic carbocycles. The summed E-state index contributed by atoms with van der Waals surface area (Å²) in [5, 5.41) is 70.6. The Morgan fingerprint density at radius 1 is 0.351 bits per heavy atom. The van der Waals surface area contributed by atoms with E-state index in [4.69, 9.17) is 269 Å². The highest BCUT2D eigenvalue weighted by atomic mass is 35.5. The molecule has 0 unspecified atom stereocenters. The van der Waals surface area contributed by atoms with Crippen LogP contribution in [0, 0.1) is 54.9 Å². The van der Waals surface area contributed by atoms with Crippen LogP contribution in [0.25, 0.3) is 0 Å². The number of para-hydroxylation sites is 1. The van der Waals surface area contributed by atoms with Crippen LogP contribution < -0.4 is 63.1 Å². The van der Waals surface area contributed by atoms with Gasteiger partial charge in [-0.3, -0.25) is 87.6 Å². The molecule has 31 nitrogen and oxygen atoms in total. The number of benzene rings is 11. The van der Waals surface area contributed by atoms with Gasteiger partial charge in [0.2, 0.25) is 11.9 Å². The topological polar surface area (TPSA) is 630 Å². The Balaban J connectivity index is 0.000000550. The van der Waals surface area contributed by atoms with Crippen LogP contribution in [0.15, 0.2) is 286 Å². The van der Waals surface area contributed by atoms with Crippen molar-refractivity contribution in [3.8, 4) is 0 Å². The molecular formula is C101H108Cl14F2N30O. The zero-order valence-electron chi connectivity index (χ0n) is 79.5. The van der Waals surface area contributed by atoms with Crippen LogP contribution >= 0.6 is 162 Å². The number of guanidine groups is 1. The van der Waals surface area contributed by atoms with Crippen LogP contribution in [0.3, 0.4) is 0 Å². The second-order valence-electron chi connectivity index (χ2n) is 29.5. The van der Waals surface area contributed by atoms with E-state index in [1.54, 1.807) is 166 Å². The molecule has 780 valence electrons. The van der Waals surface area contributed by atoms with Crippen molar-refractivity contribution in [2.75, 3.05) is 64.6 Å². The highest BCUT2D eigenvalue weighted by Crippen LogP contribution is 2.29. The molecule has 30 N–H and O–H groups in total. The Morgan fingerprint density at radius 3 is 1.14 bits per heavy atom. The van der Waals surface area contributed by atoms with E-state index in [0.717, 1.165) is 41.6 Å². The minimum absolute atomic E-state index is 0.00410. The van der Waals surface area contributed by atoms with Crippen molar-refractivity contribution in [3.05, 3.63) is 374 Å². The molecule has 1 heterocycles. The molecular weight excluding hydrogens is 2180 g/mol. The molecule has 0 aromatic heterocycles. The first-order valence-electron chi connectivity index (χ1n) is 42.9. The lowest BCUT2D eigenvalue weighted by molar-refractivity contribution is -0.116. The van der Waals surface area contributed by atoms with Gasteiger partial charge < -0.3 is 68.5 Å². The standard InChI is InChI=1S/C11H11Cl2N.C10H11Cl2N3.C10H13N3.C9H9Cl2N3.C9H8Cl2N2O.C9H9ClFN3.C9H10ClN3.C9H10FN3.C9H11N3.C8H8Cl2N4.C8H8Cl2N2/c12-9-4-8(5-10(13)7-9)6-11-2-1-3-14-11;1-6(15-5-9(13)14)10-7(11)3-2-4-8(10)12;1-8(11)6-13-7-9-4-2-3-5-10(9)12;10-7-2-1-3-8(11)6(7)4-14-5-9(12)13;10-7-2-1-3-8(11)6(7)4-13-5-9(12)14;10-7-2-1-3-8(11)6(7)4-14-5-9(12)13;10-8-3-1-2-7(4-8)5-13-6-9(11)12;10-8-4-2-1-3-7(8)5-13-6-9(11)12;10-9(11)7-12-6-8-4-2-1-3-5-8;9-6-2-1-3-7(10)5(6)4-13-14-8(11)12;9-6-2-1-3-7(10)5(6)4-8(11)12/h4-5,7H,1-3,6H2;2-4H,5H2,1H3,(H3,13,14);2-5,7,11H,6,12H2,1H3;1-4H,5H2,(H3,12,13);1-4H,5H2,(H2,12,14);1-4H,5H2,(H3,12,13);2*1-5H,6H2,(H3,11,12);1-6H,7H2,(H3,10,11);1-4H,(H4,11,12,14);1-3H,4H2,(H3,11,12)/b;;;;;;;;;13-4-;. The maximum Gasteiger partial charge on any atom is 0.239 e. The summed E-state index contributed by atoms with van der Waals surface area (Å²) >= 11 is 82.2. The summed E-state index contributed by atoms with van der Waals surface area (Å²) in [6.07, 6.45) is 15.6. The summed E-state index contributed by atoms with van der Waals surface area (Å²) in [6, 6.07) is 66.8. The zero-order chi connectivity index (χ0) is 111. The van der Waals surface area contributed by atoms with Gasteiger partial charge in [0, 0.05) is 150 Å². The van der Waals surface area contributed by atoms with E-state index < -0.39 is 11.7 Å². The Bertz CT molecular complexity index is 6190. The van der Waals surface area contributed by atoms with Crippen LogP contribution in [0.2, 0.25) is 70.3 Å². The average molecular weight is 2290 g/mol. The minimum Gasteiger partial charge on any atom is -0.398 e. The maximum atomic E-state index is 13.1. The van der Waals surface area contributed by atoms with Gasteiger partial charge in [-0.2, -0.15) is 5.10 Å². The molecule has 0 spiro atoms. The number of nitrogens with zero attached hydrogens (tertiary/aromatic N) is 11. The highest BCUT2D eigenvalue weighted by Gasteiger charge is 2.13. The summed E-state index contributed by atoms with van der Waals surface area (Å²) in [7, 11) is 0. The molecule has 148 heavy (non-hydrogen) atoms. The van der Waals surface area contributed by atoms with Crippen molar-refractivity contribution in [2.24, 2.45) is 112 Å². The van der Waals surface area contributed by atoms with E-state index in [0.29, 0.717) is 129 Å². The molecule has 0 radical (unpaired) electrons. The summed E-state index contributed by atoms with van der Waals surface area (Å²) < 4.78 is 26.1. The van der Waals surface area contributed by atoms with Gasteiger partial charge in [0.15, 0.2) is 0 Å². The number of carbonyl (C=O) groups is 1. The number of nitrogens with one attached hydrogen (secondary N) is 8. The van der Waals surface area contributed by atoms with Crippen LogP contribution in [0.5, 0.6) is 0 Å². The molecule has 0 saturated heterocycles. The lowest BCUT2D eigenvalue weighted by atomic mass is 10.1. The molecule has 0 saturated carbocycles. The Hall–Kier alpha value is -13.5. The van der Waals surface area contributed by atoms with E-state index >= 15 is 0 Å². The predicted molar refractivity (Wildman–Crippen MR) is 628 cm³/mol. The number of amidine groups is 7. The third-order valence-corrected chi connectivity index (χ3v) is 21.2. The van der Waals surface area contributed by atoms with Crippen LogP contribution in [0.4, 0.5) is 14.5 Å². The molecule has 1 aliphatic rings. The predicted octanol–water partition coefficient (Wildman–Crippen LogP) is 22.3. The molecule has 0 fully saturated rings. The fourth-order valence-corrected chi connectivity index (χ4v) is 14.1. The van der Waals surface area contributed by atoms with Crippen molar-refractivity contribution >= 4 is 288 Å². The average Bonchev–Trinajstić information content (AvgIpc) is 1.30. The second kappa shape index (κ2) is 75.3. The first-order valence-corrected chi connectivity index (χ1v) is 48.2. The molecule has 0 bridgehead atoms. The smallest absolute Gasteiger partial charge is 0.239 e. The largest absolute Gasteiger partial charge is 0.398 e. The second-order valence-corrected chi connectivity index (χ2v) is 35.3. The highest BCUT2D eigenvalue weighted by molar-refractivity contribution is 6.42. The maximum absolute atomic E-state index is 13.1. The summed E-state index contributed by atoms with van der Waals surface area (Å²) in [4.78, 5) is 46.2. The van der Waals surface area contributed by atoms with Crippen LogP contribution in [-0.2, 0) is 17.6 Å². The van der Waals surface area contributed by atoms with E-state index in [1.807, 2.05) is 78.9 Å². The molecule has 0 atom stereocenters. The van der Waals surface area contributed by atoms with Crippen molar-refractivity contribution in [1.29, 1.82) is 43.3 Å². The summed E-state index contributed by atoms with van der Waals surface area (Å²) in [5.41, 5.74) is 67.8. The monoisotopic (exact) mass is 2280 g/mol. The van der Waals surface area contributed by atoms with Gasteiger partial charge in [-0.15, -0.1) is 5.10 Å². The van der Waals surface area contributed by atoms with Gasteiger partial charge >= 0.3 is 0 Å². The fraction of sp³-hybridized carbons (Fsp3) is 0.149. The molecule has 12 rings (SSSR count). The zero-order valence-corrected chi connectivity index (χ0v) is 90.1. The van der Waals surface area contributed by atoms with Gasteiger partial charge in [0.05, 0.1) is 103 Å². The third kappa shape index (κ3) is 60.6.